The molecular weight excluding hydrogens is 337 g/mol. The maximum Gasteiger partial charge on any atom is 0.239 e. The lowest BCUT2D eigenvalue weighted by Crippen LogP contribution is -2.31. The molecule has 1 amide bonds. The van der Waals surface area contributed by atoms with E-state index in [1.165, 1.54) is 31.5 Å². The predicted molar refractivity (Wildman–Crippen MR) is 96.9 cm³/mol. The lowest BCUT2D eigenvalue weighted by Gasteiger charge is -2.13. The number of aryl methyl sites for hydroxylation is 1. The third kappa shape index (κ3) is 3.77. The molecule has 0 spiro atoms. The summed E-state index contributed by atoms with van der Waals surface area (Å²) >= 11 is 0. The van der Waals surface area contributed by atoms with Gasteiger partial charge in [0.15, 0.2) is 5.75 Å². The summed E-state index contributed by atoms with van der Waals surface area (Å²) in [7, 11) is 1.42. The van der Waals surface area contributed by atoms with E-state index in [9.17, 15) is 14.0 Å². The monoisotopic (exact) mass is 357 g/mol. The quantitative estimate of drug-likeness (QED) is 0.735. The average molecular weight is 357 g/mol. The molecule has 26 heavy (non-hydrogen) atoms. The molecule has 6 nitrogen and oxygen atoms in total. The molecule has 0 unspecified atom stereocenters. The second-order valence-electron chi connectivity index (χ2n) is 6.04. The van der Waals surface area contributed by atoms with Crippen LogP contribution in [-0.2, 0) is 17.9 Å². The van der Waals surface area contributed by atoms with Crippen molar-refractivity contribution in [3.8, 4) is 5.75 Å². The fourth-order valence-corrected chi connectivity index (χ4v) is 2.85. The molecule has 0 radical (unpaired) electrons. The van der Waals surface area contributed by atoms with E-state index in [1.54, 1.807) is 17.6 Å². The maximum atomic E-state index is 13.4. The van der Waals surface area contributed by atoms with E-state index in [1.807, 2.05) is 16.8 Å². The van der Waals surface area contributed by atoms with Gasteiger partial charge >= 0.3 is 0 Å². The zero-order valence-corrected chi connectivity index (χ0v) is 14.7. The number of carbonyl (C=O) groups excluding carboxylic acids is 1. The van der Waals surface area contributed by atoms with Crippen LogP contribution in [0, 0.1) is 12.7 Å². The molecule has 0 aliphatic rings. The maximum absolute atomic E-state index is 13.4. The number of pyridine rings is 1. The van der Waals surface area contributed by atoms with Crippen LogP contribution in [0.4, 0.5) is 4.39 Å². The largest absolute Gasteiger partial charge is 0.491 e. The third-order valence-electron chi connectivity index (χ3n) is 4.25. The minimum atomic E-state index is -0.288. The van der Waals surface area contributed by atoms with Crippen molar-refractivity contribution in [1.29, 1.82) is 0 Å². The first-order valence-corrected chi connectivity index (χ1v) is 8.24. The molecule has 0 fully saturated rings. The van der Waals surface area contributed by atoms with Gasteiger partial charge in [-0.25, -0.2) is 4.39 Å². The molecule has 1 aromatic carbocycles. The van der Waals surface area contributed by atoms with Gasteiger partial charge in [0, 0.05) is 31.0 Å². The van der Waals surface area contributed by atoms with Crippen molar-refractivity contribution in [1.82, 2.24) is 14.5 Å². The summed E-state index contributed by atoms with van der Waals surface area (Å²) in [5.41, 5.74) is 1.26. The second-order valence-corrected chi connectivity index (χ2v) is 6.04. The van der Waals surface area contributed by atoms with Crippen molar-refractivity contribution in [3.05, 3.63) is 64.5 Å². The Morgan fingerprint density at radius 2 is 2.04 bits per heavy atom. The first kappa shape index (κ1) is 17.7. The molecule has 3 rings (SSSR count). The van der Waals surface area contributed by atoms with Gasteiger partial charge in [0.25, 0.3) is 0 Å². The van der Waals surface area contributed by atoms with E-state index >= 15 is 0 Å². The van der Waals surface area contributed by atoms with Gasteiger partial charge in [0.2, 0.25) is 11.3 Å². The number of nitrogens with zero attached hydrogens (tertiary/aromatic N) is 2. The fraction of sp³-hybridized carbons (Fsp3) is 0.263. The summed E-state index contributed by atoms with van der Waals surface area (Å²) in [4.78, 5) is 23.9. The number of hydrogen-bond donors (Lipinski definition) is 1. The molecule has 0 atom stereocenters. The Bertz CT molecular complexity index is 1010. The van der Waals surface area contributed by atoms with Gasteiger partial charge in [-0.05, 0) is 36.6 Å². The highest BCUT2D eigenvalue weighted by atomic mass is 19.1. The zero-order chi connectivity index (χ0) is 18.7. The number of rotatable bonds is 6. The van der Waals surface area contributed by atoms with E-state index in [4.69, 9.17) is 4.74 Å². The molecule has 0 aliphatic heterocycles. The van der Waals surface area contributed by atoms with Crippen molar-refractivity contribution in [2.24, 2.45) is 0 Å². The summed E-state index contributed by atoms with van der Waals surface area (Å²) < 4.78 is 22.0. The molecule has 1 N–H and O–H groups in total. The molecule has 136 valence electrons. The van der Waals surface area contributed by atoms with E-state index in [2.05, 4.69) is 5.32 Å². The molecule has 7 heteroatoms. The molecule has 2 heterocycles. The Hall–Kier alpha value is -3.09. The van der Waals surface area contributed by atoms with Crippen LogP contribution in [0.25, 0.3) is 10.9 Å². The second kappa shape index (κ2) is 7.43. The molecule has 0 saturated carbocycles. The van der Waals surface area contributed by atoms with Crippen LogP contribution in [0.15, 0.2) is 47.5 Å². The number of fused-ring (bicyclic) bond motifs is 1. The van der Waals surface area contributed by atoms with Crippen molar-refractivity contribution in [2.45, 2.75) is 20.0 Å². The van der Waals surface area contributed by atoms with E-state index in [-0.39, 0.29) is 29.4 Å². The Morgan fingerprint density at radius 3 is 2.81 bits per heavy atom. The SMILES string of the molecule is COc1cn(CC(=O)NCCn2ccc3ccc(F)cc32)c(C)cc1=O. The van der Waals surface area contributed by atoms with Gasteiger partial charge in [0.1, 0.15) is 12.4 Å². The summed E-state index contributed by atoms with van der Waals surface area (Å²) in [5, 5.41) is 3.79. The van der Waals surface area contributed by atoms with Crippen LogP contribution in [0.3, 0.4) is 0 Å². The van der Waals surface area contributed by atoms with Crippen LogP contribution in [0.5, 0.6) is 5.75 Å². The van der Waals surface area contributed by atoms with E-state index in [0.29, 0.717) is 18.8 Å². The Labute approximate surface area is 149 Å². The molecule has 0 aliphatic carbocycles. The van der Waals surface area contributed by atoms with Crippen LogP contribution < -0.4 is 15.5 Å². The topological polar surface area (TPSA) is 65.3 Å². The summed E-state index contributed by atoms with van der Waals surface area (Å²) in [6.07, 6.45) is 3.40. The molecular formula is C19H20FN3O3. The van der Waals surface area contributed by atoms with E-state index in [0.717, 1.165) is 10.9 Å². The summed E-state index contributed by atoms with van der Waals surface area (Å²) in [6.45, 7) is 2.79. The number of ether oxygens (including phenoxy) is 1. The number of benzene rings is 1. The number of methoxy groups -OCH3 is 1. The highest BCUT2D eigenvalue weighted by molar-refractivity contribution is 5.80. The number of halogens is 1. The smallest absolute Gasteiger partial charge is 0.239 e. The lowest BCUT2D eigenvalue weighted by atomic mass is 10.2. The summed E-state index contributed by atoms with van der Waals surface area (Å²) in [6, 6.07) is 7.98. The van der Waals surface area contributed by atoms with Crippen molar-refractivity contribution in [2.75, 3.05) is 13.7 Å². The van der Waals surface area contributed by atoms with E-state index < -0.39 is 0 Å². The normalized spacial score (nSPS) is 10.9. The first-order valence-electron chi connectivity index (χ1n) is 8.24. The van der Waals surface area contributed by atoms with Gasteiger partial charge in [0.05, 0.1) is 18.8 Å². The van der Waals surface area contributed by atoms with Crippen molar-refractivity contribution in [3.63, 3.8) is 0 Å². The molecule has 3 aromatic rings. The number of nitrogens with one attached hydrogen (secondary N) is 1. The van der Waals surface area contributed by atoms with Crippen LogP contribution in [0.2, 0.25) is 0 Å². The lowest BCUT2D eigenvalue weighted by molar-refractivity contribution is -0.121. The predicted octanol–water partition coefficient (Wildman–Crippen LogP) is 2.08. The zero-order valence-electron chi connectivity index (χ0n) is 14.7. The Kier molecular flexibility index (Phi) is 5.06. The van der Waals surface area contributed by atoms with Crippen LogP contribution in [0.1, 0.15) is 5.69 Å². The number of aromatic nitrogens is 2. The number of amides is 1. The van der Waals surface area contributed by atoms with Crippen molar-refractivity contribution >= 4 is 16.8 Å². The van der Waals surface area contributed by atoms with Gasteiger partial charge in [-0.1, -0.05) is 0 Å². The van der Waals surface area contributed by atoms with Crippen LogP contribution in [-0.4, -0.2) is 28.7 Å². The number of hydrogen-bond acceptors (Lipinski definition) is 3. The van der Waals surface area contributed by atoms with Crippen molar-refractivity contribution < 1.29 is 13.9 Å². The molecule has 0 saturated heterocycles. The highest BCUT2D eigenvalue weighted by Crippen LogP contribution is 2.16. The van der Waals surface area contributed by atoms with Crippen LogP contribution >= 0.6 is 0 Å². The minimum absolute atomic E-state index is 0.0868. The highest BCUT2D eigenvalue weighted by Gasteiger charge is 2.08. The Balaban J connectivity index is 1.61. The Morgan fingerprint density at radius 1 is 1.23 bits per heavy atom. The van der Waals surface area contributed by atoms with Gasteiger partial charge in [-0.2, -0.15) is 0 Å². The first-order chi connectivity index (χ1) is 12.5. The average Bonchev–Trinajstić information content (AvgIpc) is 2.99. The molecule has 2 aromatic heterocycles. The van der Waals surface area contributed by atoms with Gasteiger partial charge < -0.3 is 19.2 Å². The third-order valence-corrected chi connectivity index (χ3v) is 4.25. The standard InChI is InChI=1S/C19H20FN3O3/c1-13-9-17(24)18(26-2)11-23(13)12-19(25)21-6-8-22-7-5-14-3-4-15(20)10-16(14)22/h3-5,7,9-11H,6,8,12H2,1-2H3,(H,21,25). The molecule has 0 bridgehead atoms. The minimum Gasteiger partial charge on any atom is -0.491 e. The number of carbonyl (C=O) groups is 1. The summed E-state index contributed by atoms with van der Waals surface area (Å²) in [5.74, 6) is -0.269. The van der Waals surface area contributed by atoms with Gasteiger partial charge in [-0.15, -0.1) is 0 Å². The van der Waals surface area contributed by atoms with Gasteiger partial charge in [-0.3, -0.25) is 9.59 Å². The fourth-order valence-electron chi connectivity index (χ4n) is 2.85.